The summed E-state index contributed by atoms with van der Waals surface area (Å²) in [5, 5.41) is 12.7. The maximum atomic E-state index is 12.1. The molecule has 0 spiro atoms. The van der Waals surface area contributed by atoms with Crippen molar-refractivity contribution in [1.29, 1.82) is 0 Å². The Kier molecular flexibility index (Phi) is 41.0. The lowest BCUT2D eigenvalue weighted by molar-refractivity contribution is -0.147. The summed E-state index contributed by atoms with van der Waals surface area (Å²) in [6, 6.07) is 0. The van der Waals surface area contributed by atoms with E-state index in [4.69, 9.17) is 13.8 Å². The smallest absolute Gasteiger partial charge is 0.463 e. The van der Waals surface area contributed by atoms with Crippen molar-refractivity contribution >= 4 is 19.7 Å². The van der Waals surface area contributed by atoms with Crippen LogP contribution >= 0.6 is 7.82 Å². The molecule has 1 amide bonds. The molecule has 0 aromatic heterocycles. The van der Waals surface area contributed by atoms with E-state index >= 15 is 0 Å². The molecule has 3 N–H and O–H groups in total. The van der Waals surface area contributed by atoms with Crippen LogP contribution in [0.1, 0.15) is 200 Å². The number of phosphoric ester groups is 1. The molecule has 326 valence electrons. The van der Waals surface area contributed by atoms with Crippen LogP contribution in [0.3, 0.4) is 0 Å². The predicted octanol–water partition coefficient (Wildman–Crippen LogP) is 12.7. The molecule has 0 aromatic carbocycles. The van der Waals surface area contributed by atoms with E-state index in [-0.39, 0.29) is 32.1 Å². The maximum absolute atomic E-state index is 12.1. The number of unbranched alkanes of at least 4 members (excludes halogenated alkanes) is 21. The van der Waals surface area contributed by atoms with Gasteiger partial charge in [0.2, 0.25) is 5.91 Å². The van der Waals surface area contributed by atoms with E-state index in [0.29, 0.717) is 6.42 Å². The number of ether oxygens (including phenoxy) is 1. The number of allylic oxidation sites excluding steroid dienone is 8. The third-order valence-corrected chi connectivity index (χ3v) is 10.5. The van der Waals surface area contributed by atoms with Crippen LogP contribution in [0.2, 0.25) is 0 Å². The van der Waals surface area contributed by atoms with E-state index in [1.54, 1.807) is 0 Å². The second kappa shape index (κ2) is 42.6. The van der Waals surface area contributed by atoms with Crippen LogP contribution in [0.15, 0.2) is 48.6 Å². The largest absolute Gasteiger partial charge is 0.472 e. The Bertz CT molecular complexity index is 1060. The number of amides is 1. The number of phosphoric acid groups is 1. The molecule has 0 aliphatic carbocycles. The van der Waals surface area contributed by atoms with E-state index < -0.39 is 26.5 Å². The standard InChI is InChI=1S/C46H84NO8P/c1-3-5-7-9-11-13-15-17-19-21-23-25-27-29-31-33-35-37-39-46(50)53-42-44(48)43-55-56(51,52)54-41-40-47-45(49)38-36-34-32-30-28-26-24-22-20-18-16-14-12-10-8-6-4-2/h12-15,18-21,44,48H,3-11,16-17,22-43H2,1-2H3,(H,47,49)(H,51,52)/b14-12-,15-13-,20-18-,21-19-. The highest BCUT2D eigenvalue weighted by Gasteiger charge is 2.23. The molecule has 0 bridgehead atoms. The minimum absolute atomic E-state index is 0.0752. The predicted molar refractivity (Wildman–Crippen MR) is 234 cm³/mol. The van der Waals surface area contributed by atoms with Gasteiger partial charge in [0.15, 0.2) is 0 Å². The molecule has 0 fully saturated rings. The Morgan fingerprint density at radius 1 is 0.554 bits per heavy atom. The van der Waals surface area contributed by atoms with Gasteiger partial charge in [-0.3, -0.25) is 18.6 Å². The number of rotatable bonds is 42. The van der Waals surface area contributed by atoms with E-state index in [0.717, 1.165) is 70.6 Å². The van der Waals surface area contributed by atoms with E-state index in [1.807, 2.05) is 0 Å². The number of hydrogen-bond acceptors (Lipinski definition) is 7. The van der Waals surface area contributed by atoms with Crippen LogP contribution in [0.5, 0.6) is 0 Å². The number of carbonyl (C=O) groups is 2. The number of carbonyl (C=O) groups excluding carboxylic acids is 2. The average molecular weight is 810 g/mol. The van der Waals surface area contributed by atoms with Gasteiger partial charge in [-0.25, -0.2) is 4.57 Å². The Balaban J connectivity index is 3.62. The Morgan fingerprint density at radius 2 is 0.964 bits per heavy atom. The van der Waals surface area contributed by atoms with Crippen molar-refractivity contribution in [3.63, 3.8) is 0 Å². The Hall–Kier alpha value is -2.03. The first-order valence-corrected chi connectivity index (χ1v) is 24.1. The fourth-order valence-corrected chi connectivity index (χ4v) is 6.79. The summed E-state index contributed by atoms with van der Waals surface area (Å²) in [6.07, 6.45) is 48.9. The zero-order valence-electron chi connectivity index (χ0n) is 35.8. The van der Waals surface area contributed by atoms with Gasteiger partial charge in [-0.15, -0.1) is 0 Å². The Morgan fingerprint density at radius 3 is 1.46 bits per heavy atom. The van der Waals surface area contributed by atoms with Gasteiger partial charge in [0, 0.05) is 19.4 Å². The number of aliphatic hydroxyl groups excluding tert-OH is 1. The SMILES string of the molecule is CCCCC/C=C\C/C=C\CCCCCCCCCC(=O)NCCOP(=O)(O)OCC(O)COC(=O)CCCCCCCCC/C=C\C/C=C\CCCCCC. The molecule has 9 nitrogen and oxygen atoms in total. The first kappa shape index (κ1) is 54.0. The van der Waals surface area contributed by atoms with Gasteiger partial charge in [0.25, 0.3) is 0 Å². The van der Waals surface area contributed by atoms with Crippen molar-refractivity contribution in [2.45, 2.75) is 206 Å². The van der Waals surface area contributed by atoms with Gasteiger partial charge in [-0.05, 0) is 77.0 Å². The lowest BCUT2D eigenvalue weighted by Crippen LogP contribution is -2.27. The van der Waals surface area contributed by atoms with E-state index in [1.165, 1.54) is 103 Å². The summed E-state index contributed by atoms with van der Waals surface area (Å²) in [5.41, 5.74) is 0. The van der Waals surface area contributed by atoms with Crippen LogP contribution in [0.25, 0.3) is 0 Å². The first-order chi connectivity index (χ1) is 27.3. The highest BCUT2D eigenvalue weighted by molar-refractivity contribution is 7.47. The molecule has 0 heterocycles. The van der Waals surface area contributed by atoms with Crippen molar-refractivity contribution in [3.05, 3.63) is 48.6 Å². The van der Waals surface area contributed by atoms with Gasteiger partial charge in [-0.1, -0.05) is 159 Å². The second-order valence-electron chi connectivity index (χ2n) is 15.0. The van der Waals surface area contributed by atoms with Gasteiger partial charge >= 0.3 is 13.8 Å². The fraction of sp³-hybridized carbons (Fsp3) is 0.783. The summed E-state index contributed by atoms with van der Waals surface area (Å²) in [4.78, 5) is 33.9. The molecule has 0 saturated heterocycles. The normalized spacial score (nSPS) is 13.7. The number of aliphatic hydroxyl groups is 1. The van der Waals surface area contributed by atoms with Gasteiger partial charge in [-0.2, -0.15) is 0 Å². The summed E-state index contributed by atoms with van der Waals surface area (Å²) >= 11 is 0. The van der Waals surface area contributed by atoms with Gasteiger partial charge in [0.05, 0.1) is 13.2 Å². The molecule has 0 radical (unpaired) electrons. The lowest BCUT2D eigenvalue weighted by Gasteiger charge is -2.15. The van der Waals surface area contributed by atoms with Crippen LogP contribution in [-0.2, 0) is 27.9 Å². The summed E-state index contributed by atoms with van der Waals surface area (Å²) in [7, 11) is -4.42. The molecular weight excluding hydrogens is 725 g/mol. The summed E-state index contributed by atoms with van der Waals surface area (Å²) in [6.45, 7) is 3.50. The van der Waals surface area contributed by atoms with Crippen LogP contribution in [0, 0.1) is 0 Å². The third-order valence-electron chi connectivity index (χ3n) is 9.48. The minimum Gasteiger partial charge on any atom is -0.463 e. The van der Waals surface area contributed by atoms with Crippen LogP contribution < -0.4 is 5.32 Å². The van der Waals surface area contributed by atoms with Crippen molar-refractivity contribution in [2.24, 2.45) is 0 Å². The Labute approximate surface area is 343 Å². The minimum atomic E-state index is -4.42. The fourth-order valence-electron chi connectivity index (χ4n) is 6.03. The quantitative estimate of drug-likeness (QED) is 0.0240. The van der Waals surface area contributed by atoms with Crippen molar-refractivity contribution in [2.75, 3.05) is 26.4 Å². The second-order valence-corrected chi connectivity index (χ2v) is 16.5. The molecular formula is C46H84NO8P. The van der Waals surface area contributed by atoms with Gasteiger partial charge in [0.1, 0.15) is 12.7 Å². The zero-order chi connectivity index (χ0) is 41.1. The molecule has 2 unspecified atom stereocenters. The van der Waals surface area contributed by atoms with E-state index in [2.05, 4.69) is 67.8 Å². The molecule has 56 heavy (non-hydrogen) atoms. The van der Waals surface area contributed by atoms with Crippen LogP contribution in [-0.4, -0.2) is 54.3 Å². The zero-order valence-corrected chi connectivity index (χ0v) is 36.7. The highest BCUT2D eigenvalue weighted by atomic mass is 31.2. The maximum Gasteiger partial charge on any atom is 0.472 e. The number of hydrogen-bond donors (Lipinski definition) is 3. The summed E-state index contributed by atoms with van der Waals surface area (Å²) in [5.74, 6) is -0.532. The van der Waals surface area contributed by atoms with Crippen molar-refractivity contribution in [1.82, 2.24) is 5.32 Å². The van der Waals surface area contributed by atoms with Crippen LogP contribution in [0.4, 0.5) is 0 Å². The molecule has 0 aromatic rings. The molecule has 2 atom stereocenters. The summed E-state index contributed by atoms with van der Waals surface area (Å²) < 4.78 is 26.9. The topological polar surface area (TPSA) is 131 Å². The van der Waals surface area contributed by atoms with Crippen molar-refractivity contribution < 1.29 is 37.9 Å². The monoisotopic (exact) mass is 810 g/mol. The van der Waals surface area contributed by atoms with Gasteiger partial charge < -0.3 is 20.1 Å². The average Bonchev–Trinajstić information content (AvgIpc) is 3.18. The molecule has 10 heteroatoms. The number of nitrogens with one attached hydrogen (secondary N) is 1. The molecule has 0 rings (SSSR count). The molecule has 0 aliphatic heterocycles. The third kappa shape index (κ3) is 43.1. The molecule has 0 aliphatic rings. The lowest BCUT2D eigenvalue weighted by atomic mass is 10.1. The highest BCUT2D eigenvalue weighted by Crippen LogP contribution is 2.42. The molecule has 0 saturated carbocycles. The van der Waals surface area contributed by atoms with E-state index in [9.17, 15) is 24.2 Å². The van der Waals surface area contributed by atoms with Crippen molar-refractivity contribution in [3.8, 4) is 0 Å². The first-order valence-electron chi connectivity index (χ1n) is 22.6. The number of esters is 1.